The van der Waals surface area contributed by atoms with Crippen molar-refractivity contribution in [1.29, 1.82) is 0 Å². The molecule has 0 aliphatic carbocycles. The molecule has 0 fully saturated rings. The molecule has 1 unspecified atom stereocenters. The van der Waals surface area contributed by atoms with Crippen LogP contribution in [0.25, 0.3) is 0 Å². The number of aryl methyl sites for hydroxylation is 1. The number of unbranched alkanes of at least 4 members (excludes halogenated alkanes) is 1. The molecule has 0 aliphatic heterocycles. The second-order valence-corrected chi connectivity index (χ2v) is 6.17. The van der Waals surface area contributed by atoms with E-state index in [1.807, 2.05) is 54.8 Å². The minimum absolute atomic E-state index is 0.553. The Morgan fingerprint density at radius 3 is 2.74 bits per heavy atom. The normalized spacial score (nSPS) is 13.0. The third-order valence-corrected chi connectivity index (χ3v) is 4.32. The van der Waals surface area contributed by atoms with Gasteiger partial charge in [0.25, 0.3) is 0 Å². The highest BCUT2D eigenvalue weighted by Crippen LogP contribution is 2.23. The Hall–Kier alpha value is -1.65. The van der Waals surface area contributed by atoms with E-state index in [2.05, 4.69) is 0 Å². The maximum absolute atomic E-state index is 10.3. The minimum atomic E-state index is -0.553. The molecule has 0 saturated heterocycles. The lowest BCUT2D eigenvalue weighted by atomic mass is 10.1. The van der Waals surface area contributed by atoms with E-state index in [4.69, 9.17) is 9.15 Å². The highest BCUT2D eigenvalue weighted by Gasteiger charge is 2.12. The zero-order valence-corrected chi connectivity index (χ0v) is 14.3. The Morgan fingerprint density at radius 2 is 2.04 bits per heavy atom. The molecule has 0 aliphatic rings. The standard InChI is InChI=1S/C19H24O3S/c1-2-21-19(15-23-17-11-4-3-5-12-17)18(20)13-7-6-9-16-10-8-14-22-16/h3-5,8,10-12,14-15,18,20H,2,6-7,9,13H2,1H3/b19-15-. The van der Waals surface area contributed by atoms with Crippen LogP contribution < -0.4 is 0 Å². The fourth-order valence-electron chi connectivity index (χ4n) is 2.23. The Labute approximate surface area is 142 Å². The van der Waals surface area contributed by atoms with E-state index in [9.17, 15) is 5.11 Å². The molecule has 0 saturated carbocycles. The summed E-state index contributed by atoms with van der Waals surface area (Å²) in [5, 5.41) is 12.3. The zero-order valence-electron chi connectivity index (χ0n) is 13.5. The minimum Gasteiger partial charge on any atom is -0.495 e. The molecule has 0 bridgehead atoms. The van der Waals surface area contributed by atoms with E-state index in [0.29, 0.717) is 18.8 Å². The molecule has 1 heterocycles. The predicted octanol–water partition coefficient (Wildman–Crippen LogP) is 5.02. The predicted molar refractivity (Wildman–Crippen MR) is 94.3 cm³/mol. The second kappa shape index (κ2) is 10.2. The summed E-state index contributed by atoms with van der Waals surface area (Å²) in [5.41, 5.74) is 0. The van der Waals surface area contributed by atoms with Gasteiger partial charge in [-0.2, -0.15) is 0 Å². The van der Waals surface area contributed by atoms with Crippen molar-refractivity contribution in [3.05, 3.63) is 65.7 Å². The van der Waals surface area contributed by atoms with Crippen molar-refractivity contribution in [2.75, 3.05) is 6.61 Å². The van der Waals surface area contributed by atoms with Gasteiger partial charge in [0.2, 0.25) is 0 Å². The molecule has 0 amide bonds. The number of hydrogen-bond acceptors (Lipinski definition) is 4. The highest BCUT2D eigenvalue weighted by atomic mass is 32.2. The average Bonchev–Trinajstić information content (AvgIpc) is 3.09. The first-order valence-corrected chi connectivity index (χ1v) is 8.92. The van der Waals surface area contributed by atoms with Gasteiger partial charge in [-0.15, -0.1) is 0 Å². The van der Waals surface area contributed by atoms with E-state index in [1.54, 1.807) is 18.0 Å². The first-order chi connectivity index (χ1) is 11.3. The third-order valence-electron chi connectivity index (χ3n) is 3.42. The molecular weight excluding hydrogens is 308 g/mol. The molecule has 3 nitrogen and oxygen atoms in total. The van der Waals surface area contributed by atoms with Gasteiger partial charge >= 0.3 is 0 Å². The van der Waals surface area contributed by atoms with Gasteiger partial charge in [0.05, 0.1) is 12.9 Å². The Balaban J connectivity index is 1.78. The van der Waals surface area contributed by atoms with E-state index in [0.717, 1.165) is 29.9 Å². The lowest BCUT2D eigenvalue weighted by Crippen LogP contribution is -2.13. The first kappa shape index (κ1) is 17.7. The number of aliphatic hydroxyl groups is 1. The molecule has 2 rings (SSSR count). The summed E-state index contributed by atoms with van der Waals surface area (Å²) >= 11 is 1.57. The Bertz CT molecular complexity index is 564. The van der Waals surface area contributed by atoms with E-state index < -0.39 is 6.10 Å². The molecule has 1 aromatic carbocycles. The van der Waals surface area contributed by atoms with Crippen molar-refractivity contribution in [1.82, 2.24) is 0 Å². The summed E-state index contributed by atoms with van der Waals surface area (Å²) in [6.45, 7) is 2.50. The fourth-order valence-corrected chi connectivity index (χ4v) is 3.03. The SMILES string of the molecule is CCO/C(=C\Sc1ccccc1)C(O)CCCCc1ccco1. The van der Waals surface area contributed by atoms with Crippen LogP contribution in [-0.2, 0) is 11.2 Å². The van der Waals surface area contributed by atoms with Crippen molar-refractivity contribution < 1.29 is 14.3 Å². The number of benzene rings is 1. The molecular formula is C19H24O3S. The van der Waals surface area contributed by atoms with Crippen LogP contribution in [0.5, 0.6) is 0 Å². The van der Waals surface area contributed by atoms with E-state index in [1.165, 1.54) is 0 Å². The van der Waals surface area contributed by atoms with Gasteiger partial charge in [-0.25, -0.2) is 0 Å². The topological polar surface area (TPSA) is 42.6 Å². The second-order valence-electron chi connectivity index (χ2n) is 5.23. The number of hydrogen-bond donors (Lipinski definition) is 1. The third kappa shape index (κ3) is 6.55. The number of aliphatic hydroxyl groups excluding tert-OH is 1. The smallest absolute Gasteiger partial charge is 0.131 e. The van der Waals surface area contributed by atoms with Crippen LogP contribution in [0.1, 0.15) is 31.9 Å². The van der Waals surface area contributed by atoms with Gasteiger partial charge in [0, 0.05) is 16.7 Å². The number of rotatable bonds is 10. The van der Waals surface area contributed by atoms with Gasteiger partial charge in [0.15, 0.2) is 0 Å². The number of furan rings is 1. The highest BCUT2D eigenvalue weighted by molar-refractivity contribution is 8.02. The molecule has 0 radical (unpaired) electrons. The molecule has 124 valence electrons. The van der Waals surface area contributed by atoms with Crippen LogP contribution in [0.2, 0.25) is 0 Å². The van der Waals surface area contributed by atoms with Crippen LogP contribution in [0, 0.1) is 0 Å². The van der Waals surface area contributed by atoms with Gasteiger partial charge in [-0.05, 0) is 50.5 Å². The Morgan fingerprint density at radius 1 is 1.22 bits per heavy atom. The number of ether oxygens (including phenoxy) is 1. The summed E-state index contributed by atoms with van der Waals surface area (Å²) in [6.07, 6.45) is 4.68. The van der Waals surface area contributed by atoms with Crippen LogP contribution in [-0.4, -0.2) is 17.8 Å². The summed E-state index contributed by atoms with van der Waals surface area (Å²) in [4.78, 5) is 1.13. The van der Waals surface area contributed by atoms with Crippen LogP contribution in [0.3, 0.4) is 0 Å². The summed E-state index contributed by atoms with van der Waals surface area (Å²) in [5.74, 6) is 1.65. The Kier molecular flexibility index (Phi) is 7.84. The van der Waals surface area contributed by atoms with Gasteiger partial charge < -0.3 is 14.3 Å². The van der Waals surface area contributed by atoms with Crippen molar-refractivity contribution in [3.63, 3.8) is 0 Å². The molecule has 23 heavy (non-hydrogen) atoms. The van der Waals surface area contributed by atoms with Crippen LogP contribution >= 0.6 is 11.8 Å². The fraction of sp³-hybridized carbons (Fsp3) is 0.368. The maximum Gasteiger partial charge on any atom is 0.131 e. The quantitative estimate of drug-likeness (QED) is 0.377. The lowest BCUT2D eigenvalue weighted by Gasteiger charge is -2.15. The lowest BCUT2D eigenvalue weighted by molar-refractivity contribution is 0.101. The van der Waals surface area contributed by atoms with Gasteiger partial charge in [-0.1, -0.05) is 30.0 Å². The summed E-state index contributed by atoms with van der Waals surface area (Å²) in [7, 11) is 0. The van der Waals surface area contributed by atoms with E-state index >= 15 is 0 Å². The van der Waals surface area contributed by atoms with Crippen molar-refractivity contribution in [2.24, 2.45) is 0 Å². The maximum atomic E-state index is 10.3. The van der Waals surface area contributed by atoms with Crippen molar-refractivity contribution >= 4 is 11.8 Å². The summed E-state index contributed by atoms with van der Waals surface area (Å²) in [6, 6.07) is 14.0. The molecule has 2 aromatic rings. The van der Waals surface area contributed by atoms with Gasteiger partial charge in [0.1, 0.15) is 17.6 Å². The first-order valence-electron chi connectivity index (χ1n) is 8.04. The molecule has 1 N–H and O–H groups in total. The largest absolute Gasteiger partial charge is 0.495 e. The molecule has 0 spiro atoms. The van der Waals surface area contributed by atoms with Crippen LogP contribution in [0.15, 0.2) is 69.2 Å². The molecule has 4 heteroatoms. The van der Waals surface area contributed by atoms with Crippen LogP contribution in [0.4, 0.5) is 0 Å². The van der Waals surface area contributed by atoms with Gasteiger partial charge in [-0.3, -0.25) is 0 Å². The monoisotopic (exact) mass is 332 g/mol. The molecule has 1 atom stereocenters. The summed E-state index contributed by atoms with van der Waals surface area (Å²) < 4.78 is 10.9. The van der Waals surface area contributed by atoms with E-state index in [-0.39, 0.29) is 0 Å². The average molecular weight is 332 g/mol. The number of thioether (sulfide) groups is 1. The van der Waals surface area contributed by atoms with Crippen molar-refractivity contribution in [3.8, 4) is 0 Å². The molecule has 1 aromatic heterocycles. The zero-order chi connectivity index (χ0) is 16.3. The van der Waals surface area contributed by atoms with Crippen molar-refractivity contribution in [2.45, 2.75) is 43.6 Å².